The summed E-state index contributed by atoms with van der Waals surface area (Å²) in [6.45, 7) is 4.92. The number of rotatable bonds is 14. The van der Waals surface area contributed by atoms with Crippen LogP contribution >= 0.6 is 23.2 Å². The number of aliphatic carboxylic acids is 1. The summed E-state index contributed by atoms with van der Waals surface area (Å²) in [7, 11) is 7.58. The van der Waals surface area contributed by atoms with Gasteiger partial charge in [0, 0.05) is 62.7 Å². The van der Waals surface area contributed by atoms with Crippen molar-refractivity contribution in [3.63, 3.8) is 0 Å². The number of carbonyl (C=O) groups is 4. The molecule has 2 aliphatic heterocycles. The van der Waals surface area contributed by atoms with E-state index in [1.165, 1.54) is 0 Å². The van der Waals surface area contributed by atoms with Crippen LogP contribution < -0.4 is 10.6 Å². The molecule has 15 heteroatoms. The Labute approximate surface area is 373 Å². The molecule has 4 aliphatic rings. The molecule has 328 valence electrons. The number of carboxylic acids is 1. The van der Waals surface area contributed by atoms with E-state index in [4.69, 9.17) is 28.2 Å². The molecule has 0 spiro atoms. The van der Waals surface area contributed by atoms with Crippen LogP contribution in [-0.4, -0.2) is 105 Å². The molecule has 3 N–H and O–H groups in total. The zero-order valence-corrected chi connectivity index (χ0v) is 37.7. The number of anilines is 2. The molecule has 8 rings (SSSR count). The minimum Gasteiger partial charge on any atom is -0.481 e. The first kappa shape index (κ1) is 44.0. The summed E-state index contributed by atoms with van der Waals surface area (Å²) in [6.07, 6.45) is 11.1. The van der Waals surface area contributed by atoms with E-state index >= 15 is 0 Å². The third kappa shape index (κ3) is 8.92. The number of halogens is 2. The van der Waals surface area contributed by atoms with E-state index in [-0.39, 0.29) is 23.1 Å². The summed E-state index contributed by atoms with van der Waals surface area (Å²) >= 11 is 14.0. The van der Waals surface area contributed by atoms with Crippen LogP contribution in [0.2, 0.25) is 10.0 Å². The maximum atomic E-state index is 13.8. The first-order chi connectivity index (χ1) is 29.5. The monoisotopic (exact) mass is 883 g/mol. The number of amides is 3. The second-order valence-corrected chi connectivity index (χ2v) is 19.7. The van der Waals surface area contributed by atoms with Gasteiger partial charge in [-0.3, -0.25) is 33.7 Å². The van der Waals surface area contributed by atoms with Gasteiger partial charge in [0.15, 0.2) is 5.82 Å². The van der Waals surface area contributed by atoms with Crippen LogP contribution in [0, 0.1) is 10.8 Å². The number of aromatic nitrogens is 3. The summed E-state index contributed by atoms with van der Waals surface area (Å²) in [5, 5.41) is 16.3. The van der Waals surface area contributed by atoms with Crippen molar-refractivity contribution in [1.82, 2.24) is 24.3 Å². The molecule has 0 radical (unpaired) electrons. The minimum atomic E-state index is -0.631. The van der Waals surface area contributed by atoms with Gasteiger partial charge in [0.05, 0.1) is 60.1 Å². The third-order valence-electron chi connectivity index (χ3n) is 14.0. The average Bonchev–Trinajstić information content (AvgIpc) is 3.93. The minimum absolute atomic E-state index is 0.127. The van der Waals surface area contributed by atoms with Gasteiger partial charge in [-0.25, -0.2) is 9.78 Å². The molecule has 0 unspecified atom stereocenters. The van der Waals surface area contributed by atoms with Crippen LogP contribution in [0.3, 0.4) is 0 Å². The highest BCUT2D eigenvalue weighted by molar-refractivity contribution is 6.40. The predicted molar refractivity (Wildman–Crippen MR) is 240 cm³/mol. The standard InChI is InChI=1S/C47H56Cl2N8O5/c1-54-38-15-23-56(24-20-46-16-18-47(29-46,19-17-46)45(61)62)28-37(38)51-42(54)44(60)53-35-12-8-10-33(41(35)49)32-9-7-11-34(40(32)48)52-43(59)36-25-30-14-22-55(27-31(30)26-50-36)21-6-5-13-39(58)57(2,3)4/h7-12,25-26H,5-6,13-24,27-29H2,1-4H3,(H2-,52,53,59,60,61,62)/p+1. The highest BCUT2D eigenvalue weighted by Crippen LogP contribution is 2.63. The molecule has 2 fully saturated rings. The molecule has 0 saturated heterocycles. The van der Waals surface area contributed by atoms with Crippen molar-refractivity contribution in [1.29, 1.82) is 0 Å². The number of quaternary nitrogens is 1. The summed E-state index contributed by atoms with van der Waals surface area (Å²) < 4.78 is 2.21. The number of hydrogen-bond acceptors (Lipinski definition) is 8. The van der Waals surface area contributed by atoms with Gasteiger partial charge in [-0.2, -0.15) is 0 Å². The fourth-order valence-corrected chi connectivity index (χ4v) is 10.7. The number of fused-ring (bicyclic) bond motifs is 4. The van der Waals surface area contributed by atoms with Gasteiger partial charge in [0.1, 0.15) is 5.69 Å². The highest BCUT2D eigenvalue weighted by Gasteiger charge is 2.57. The van der Waals surface area contributed by atoms with Gasteiger partial charge in [0.2, 0.25) is 0 Å². The van der Waals surface area contributed by atoms with Crippen molar-refractivity contribution >= 4 is 58.3 Å². The largest absolute Gasteiger partial charge is 0.481 e. The molecule has 4 heterocycles. The number of benzene rings is 2. The van der Waals surface area contributed by atoms with Crippen molar-refractivity contribution in [3.05, 3.63) is 92.7 Å². The fourth-order valence-electron chi connectivity index (χ4n) is 10.1. The van der Waals surface area contributed by atoms with E-state index in [0.717, 1.165) is 119 Å². The lowest BCUT2D eigenvalue weighted by molar-refractivity contribution is -0.792. The van der Waals surface area contributed by atoms with E-state index in [1.807, 2.05) is 51.0 Å². The first-order valence-electron chi connectivity index (χ1n) is 21.8. The van der Waals surface area contributed by atoms with E-state index in [0.29, 0.717) is 61.5 Å². The number of carboxylic acid groups (broad SMARTS) is 1. The quantitative estimate of drug-likeness (QED) is 0.0851. The second kappa shape index (κ2) is 17.5. The maximum Gasteiger partial charge on any atom is 0.313 e. The molecule has 13 nitrogen and oxygen atoms in total. The summed E-state index contributed by atoms with van der Waals surface area (Å²) in [5.74, 6) is -0.853. The number of nitrogens with zero attached hydrogens (tertiary/aromatic N) is 6. The Bertz CT molecular complexity index is 2420. The fraction of sp³-hybridized carbons (Fsp3) is 0.489. The molecule has 62 heavy (non-hydrogen) atoms. The Kier molecular flexibility index (Phi) is 12.4. The summed E-state index contributed by atoms with van der Waals surface area (Å²) in [5.41, 5.74) is 6.00. The number of imidazole rings is 1. The Hall–Kier alpha value is -4.66. The highest BCUT2D eigenvalue weighted by atomic mass is 35.5. The van der Waals surface area contributed by atoms with E-state index < -0.39 is 11.4 Å². The lowest BCUT2D eigenvalue weighted by Gasteiger charge is -2.32. The third-order valence-corrected chi connectivity index (χ3v) is 14.8. The number of pyridine rings is 1. The molecule has 3 amide bonds. The Morgan fingerprint density at radius 1 is 0.823 bits per heavy atom. The summed E-state index contributed by atoms with van der Waals surface area (Å²) in [6, 6.07) is 12.5. The molecule has 0 atom stereocenters. The lowest BCUT2D eigenvalue weighted by atomic mass is 9.80. The molecule has 2 saturated carbocycles. The normalized spacial score (nSPS) is 21.1. The predicted octanol–water partition coefficient (Wildman–Crippen LogP) is 7.84. The molecule has 2 aromatic heterocycles. The molecular weight excluding hydrogens is 827 g/mol. The van der Waals surface area contributed by atoms with Crippen LogP contribution in [0.4, 0.5) is 11.4 Å². The molecule has 2 aliphatic carbocycles. The van der Waals surface area contributed by atoms with Gasteiger partial charge in [-0.05, 0) is 106 Å². The SMILES string of the molecule is Cn1c(C(=O)Nc2cccc(-c3cccc(NC(=O)c4cc5c(cn4)CN(CCCCC(=O)[N+](C)(C)C)CC5)c3Cl)c2Cl)nc2c1CCN(CCC13CCC(C(=O)O)(CC1)C3)C2. The Morgan fingerprint density at radius 2 is 1.47 bits per heavy atom. The van der Waals surface area contributed by atoms with E-state index in [9.17, 15) is 24.3 Å². The average molecular weight is 885 g/mol. The maximum absolute atomic E-state index is 13.8. The van der Waals surface area contributed by atoms with Gasteiger partial charge in [-0.1, -0.05) is 47.5 Å². The van der Waals surface area contributed by atoms with E-state index in [2.05, 4.69) is 25.4 Å². The van der Waals surface area contributed by atoms with Gasteiger partial charge in [-0.15, -0.1) is 0 Å². The number of nitrogens with one attached hydrogen (secondary N) is 2. The van der Waals surface area contributed by atoms with Crippen LogP contribution in [-0.2, 0) is 42.6 Å². The van der Waals surface area contributed by atoms with Crippen molar-refractivity contribution in [2.45, 2.75) is 83.7 Å². The molecular formula is C47H57Cl2N8O5+. The first-order valence-corrected chi connectivity index (χ1v) is 22.6. The Balaban J connectivity index is 0.881. The number of carbonyl (C=O) groups excluding carboxylic acids is 3. The van der Waals surface area contributed by atoms with Crippen molar-refractivity contribution < 1.29 is 28.8 Å². The smallest absolute Gasteiger partial charge is 0.313 e. The van der Waals surface area contributed by atoms with Gasteiger partial charge in [0.25, 0.3) is 11.8 Å². The van der Waals surface area contributed by atoms with E-state index in [1.54, 1.807) is 30.5 Å². The van der Waals surface area contributed by atoms with Gasteiger partial charge >= 0.3 is 11.9 Å². The molecule has 2 bridgehead atoms. The summed E-state index contributed by atoms with van der Waals surface area (Å²) in [4.78, 5) is 65.6. The van der Waals surface area contributed by atoms with Gasteiger partial charge < -0.3 is 20.3 Å². The topological polar surface area (TPSA) is 150 Å². The molecule has 4 aromatic rings. The Morgan fingerprint density at radius 3 is 2.11 bits per heavy atom. The van der Waals surface area contributed by atoms with Crippen LogP contribution in [0.15, 0.2) is 48.7 Å². The number of unbranched alkanes of at least 4 members (excludes halogenated alkanes) is 1. The van der Waals surface area contributed by atoms with Crippen molar-refractivity contribution in [3.8, 4) is 11.1 Å². The molecule has 2 aromatic carbocycles. The van der Waals surface area contributed by atoms with Crippen LogP contribution in [0.25, 0.3) is 11.1 Å². The van der Waals surface area contributed by atoms with Crippen LogP contribution in [0.5, 0.6) is 0 Å². The van der Waals surface area contributed by atoms with Crippen LogP contribution in [0.1, 0.15) is 101 Å². The van der Waals surface area contributed by atoms with Crippen molar-refractivity contribution in [2.75, 3.05) is 58.0 Å². The second-order valence-electron chi connectivity index (χ2n) is 18.9. The number of hydrogen-bond donors (Lipinski definition) is 3. The zero-order valence-electron chi connectivity index (χ0n) is 36.2. The zero-order chi connectivity index (χ0) is 44.0. The lowest BCUT2D eigenvalue weighted by Crippen LogP contribution is -2.41. The van der Waals surface area contributed by atoms with Crippen molar-refractivity contribution in [2.24, 2.45) is 17.9 Å².